The average molecular weight is 199 g/mol. The van der Waals surface area contributed by atoms with Crippen LogP contribution in [0.2, 0.25) is 5.15 Å². The third-order valence-corrected chi connectivity index (χ3v) is 2.01. The maximum absolute atomic E-state index is 11.2. The van der Waals surface area contributed by atoms with E-state index in [0.29, 0.717) is 17.8 Å². The fourth-order valence-corrected chi connectivity index (χ4v) is 1.56. The summed E-state index contributed by atoms with van der Waals surface area (Å²) in [6.07, 6.45) is 0.692. The molecule has 1 aromatic rings. The first-order chi connectivity index (χ1) is 6.06. The molecule has 0 aliphatic rings. The molecule has 0 radical (unpaired) electrons. The van der Waals surface area contributed by atoms with E-state index >= 15 is 0 Å². The molecular formula is C9H11ClN2O. The fraction of sp³-hybridized carbons (Fsp3) is 0.444. The van der Waals surface area contributed by atoms with Crippen LogP contribution in [0.25, 0.3) is 0 Å². The maximum Gasteiger partial charge on any atom is 0.164 e. The number of hydrogen-bond acceptors (Lipinski definition) is 3. The number of hydrogen-bond donors (Lipinski definition) is 0. The summed E-state index contributed by atoms with van der Waals surface area (Å²) in [5, 5.41) is 0.261. The quantitative estimate of drug-likeness (QED) is 0.541. The minimum Gasteiger partial charge on any atom is -0.294 e. The number of Topliss-reactive ketones (excluding diaryl/α,β-unsaturated/α-hetero) is 1. The summed E-state index contributed by atoms with van der Waals surface area (Å²) in [6.45, 7) is 5.17. The summed E-state index contributed by atoms with van der Waals surface area (Å²) in [7, 11) is 0. The summed E-state index contributed by atoms with van der Waals surface area (Å²) in [5.41, 5.74) is 1.18. The molecular weight excluding hydrogens is 188 g/mol. The first kappa shape index (κ1) is 10.1. The lowest BCUT2D eigenvalue weighted by molar-refractivity contribution is 0.101. The highest BCUT2D eigenvalue weighted by Crippen LogP contribution is 2.17. The van der Waals surface area contributed by atoms with Gasteiger partial charge in [0.05, 0.1) is 11.3 Å². The van der Waals surface area contributed by atoms with Crippen molar-refractivity contribution in [2.24, 2.45) is 0 Å². The van der Waals surface area contributed by atoms with Crippen LogP contribution in [-0.2, 0) is 6.42 Å². The Bertz CT molecular complexity index is 350. The highest BCUT2D eigenvalue weighted by Gasteiger charge is 2.13. The molecule has 0 atom stereocenters. The van der Waals surface area contributed by atoms with Gasteiger partial charge in [0.15, 0.2) is 5.78 Å². The fourth-order valence-electron chi connectivity index (χ4n) is 1.20. The van der Waals surface area contributed by atoms with Crippen molar-refractivity contribution in [1.29, 1.82) is 0 Å². The van der Waals surface area contributed by atoms with E-state index in [0.717, 1.165) is 5.69 Å². The van der Waals surface area contributed by atoms with E-state index in [9.17, 15) is 4.79 Å². The predicted octanol–water partition coefficient (Wildman–Crippen LogP) is 2.20. The highest BCUT2D eigenvalue weighted by atomic mass is 35.5. The molecule has 70 valence electrons. The van der Waals surface area contributed by atoms with E-state index in [2.05, 4.69) is 9.97 Å². The molecule has 0 aromatic carbocycles. The molecule has 0 unspecified atom stereocenters. The molecule has 0 amide bonds. The number of halogens is 1. The molecule has 0 bridgehead atoms. The molecule has 0 aliphatic carbocycles. The first-order valence-corrected chi connectivity index (χ1v) is 4.48. The van der Waals surface area contributed by atoms with Gasteiger partial charge in [0, 0.05) is 0 Å². The molecule has 0 saturated heterocycles. The zero-order chi connectivity index (χ0) is 10.0. The Morgan fingerprint density at radius 3 is 2.54 bits per heavy atom. The van der Waals surface area contributed by atoms with Gasteiger partial charge in [0.1, 0.15) is 11.0 Å². The van der Waals surface area contributed by atoms with Gasteiger partial charge in [0.25, 0.3) is 0 Å². The van der Waals surface area contributed by atoms with E-state index in [1.807, 2.05) is 6.92 Å². The summed E-state index contributed by atoms with van der Waals surface area (Å²) in [5.74, 6) is 0.522. The van der Waals surface area contributed by atoms with Crippen molar-refractivity contribution in [3.05, 3.63) is 22.2 Å². The molecule has 13 heavy (non-hydrogen) atoms. The molecule has 1 rings (SSSR count). The summed E-state index contributed by atoms with van der Waals surface area (Å²) in [4.78, 5) is 19.3. The zero-order valence-corrected chi connectivity index (χ0v) is 8.64. The Morgan fingerprint density at radius 1 is 1.46 bits per heavy atom. The van der Waals surface area contributed by atoms with Gasteiger partial charge in [-0.25, -0.2) is 9.97 Å². The van der Waals surface area contributed by atoms with E-state index in [1.54, 1.807) is 6.92 Å². The van der Waals surface area contributed by atoms with Gasteiger partial charge in [-0.3, -0.25) is 4.79 Å². The van der Waals surface area contributed by atoms with E-state index in [4.69, 9.17) is 11.6 Å². The van der Waals surface area contributed by atoms with Gasteiger partial charge in [-0.1, -0.05) is 18.5 Å². The molecule has 0 aliphatic heterocycles. The standard InChI is InChI=1S/C9H11ClN2O/c1-4-7-8(5(2)13)9(10)12-6(3)11-7/h4H2,1-3H3. The van der Waals surface area contributed by atoms with Gasteiger partial charge in [-0.15, -0.1) is 0 Å². The van der Waals surface area contributed by atoms with Gasteiger partial charge in [0.2, 0.25) is 0 Å². The number of rotatable bonds is 2. The molecule has 0 fully saturated rings. The molecule has 3 nitrogen and oxygen atoms in total. The third kappa shape index (κ3) is 2.04. The molecule has 4 heteroatoms. The van der Waals surface area contributed by atoms with Crippen molar-refractivity contribution >= 4 is 17.4 Å². The summed E-state index contributed by atoms with van der Waals surface area (Å²) in [6, 6.07) is 0. The second-order valence-corrected chi connectivity index (χ2v) is 3.15. The van der Waals surface area contributed by atoms with Gasteiger partial charge < -0.3 is 0 Å². The summed E-state index contributed by atoms with van der Waals surface area (Å²) < 4.78 is 0. The SMILES string of the molecule is CCc1nc(C)nc(Cl)c1C(C)=O. The lowest BCUT2D eigenvalue weighted by Crippen LogP contribution is -2.06. The molecule has 0 saturated carbocycles. The van der Waals surface area contributed by atoms with Crippen LogP contribution in [0.15, 0.2) is 0 Å². The van der Waals surface area contributed by atoms with Crippen molar-refractivity contribution < 1.29 is 4.79 Å². The molecule has 0 N–H and O–H groups in total. The number of nitrogens with zero attached hydrogens (tertiary/aromatic N) is 2. The minimum absolute atomic E-state index is 0.0816. The van der Waals surface area contributed by atoms with Crippen LogP contribution in [0.1, 0.15) is 35.7 Å². The van der Waals surface area contributed by atoms with Crippen LogP contribution in [0.4, 0.5) is 0 Å². The Hall–Kier alpha value is -0.960. The Morgan fingerprint density at radius 2 is 2.08 bits per heavy atom. The second-order valence-electron chi connectivity index (χ2n) is 2.79. The number of aryl methyl sites for hydroxylation is 2. The largest absolute Gasteiger partial charge is 0.294 e. The van der Waals surface area contributed by atoms with Crippen molar-refractivity contribution in [3.63, 3.8) is 0 Å². The average Bonchev–Trinajstić information content (AvgIpc) is 2.01. The number of ketones is 1. The van der Waals surface area contributed by atoms with Crippen molar-refractivity contribution in [2.75, 3.05) is 0 Å². The maximum atomic E-state index is 11.2. The van der Waals surface area contributed by atoms with E-state index in [1.165, 1.54) is 6.92 Å². The second kappa shape index (κ2) is 3.83. The van der Waals surface area contributed by atoms with Crippen LogP contribution >= 0.6 is 11.6 Å². The Kier molecular flexibility index (Phi) is 2.98. The number of carbonyl (C=O) groups excluding carboxylic acids is 1. The molecule has 1 heterocycles. The van der Waals surface area contributed by atoms with E-state index in [-0.39, 0.29) is 10.9 Å². The predicted molar refractivity (Wildman–Crippen MR) is 51.2 cm³/mol. The normalized spacial score (nSPS) is 10.2. The number of carbonyl (C=O) groups is 1. The lowest BCUT2D eigenvalue weighted by atomic mass is 10.1. The van der Waals surface area contributed by atoms with Gasteiger partial charge in [-0.05, 0) is 20.3 Å². The monoisotopic (exact) mass is 198 g/mol. The smallest absolute Gasteiger partial charge is 0.164 e. The zero-order valence-electron chi connectivity index (χ0n) is 7.89. The first-order valence-electron chi connectivity index (χ1n) is 4.10. The highest BCUT2D eigenvalue weighted by molar-refractivity contribution is 6.32. The van der Waals surface area contributed by atoms with Crippen LogP contribution in [0.3, 0.4) is 0 Å². The van der Waals surface area contributed by atoms with Crippen LogP contribution in [0, 0.1) is 6.92 Å². The third-order valence-electron chi connectivity index (χ3n) is 1.74. The van der Waals surface area contributed by atoms with Crippen molar-refractivity contribution in [3.8, 4) is 0 Å². The van der Waals surface area contributed by atoms with Crippen LogP contribution < -0.4 is 0 Å². The van der Waals surface area contributed by atoms with Crippen molar-refractivity contribution in [1.82, 2.24) is 9.97 Å². The van der Waals surface area contributed by atoms with Crippen LogP contribution in [-0.4, -0.2) is 15.8 Å². The Labute approximate surface area is 82.2 Å². The lowest BCUT2D eigenvalue weighted by Gasteiger charge is -2.05. The number of aromatic nitrogens is 2. The molecule has 1 aromatic heterocycles. The molecule has 0 spiro atoms. The van der Waals surface area contributed by atoms with Gasteiger partial charge >= 0.3 is 0 Å². The summed E-state index contributed by atoms with van der Waals surface area (Å²) >= 11 is 5.84. The van der Waals surface area contributed by atoms with E-state index < -0.39 is 0 Å². The minimum atomic E-state index is -0.0816. The van der Waals surface area contributed by atoms with Crippen molar-refractivity contribution in [2.45, 2.75) is 27.2 Å². The van der Waals surface area contributed by atoms with Gasteiger partial charge in [-0.2, -0.15) is 0 Å². The Balaban J connectivity index is 3.38. The topological polar surface area (TPSA) is 42.9 Å². The van der Waals surface area contributed by atoms with Crippen LogP contribution in [0.5, 0.6) is 0 Å².